The standard InChI is InChI=1S/C11H14N5O6PS/c12-10-14-7-6(8(17)15-10)13-4-16(7)9-5-1-11(22-9,2-20-5)3-21-23(18,19)24/h4-5,9H,1-3H2,(H2,18,19,24)(H3,12,14,15,17)/t5-,9-,11-/m1/s1. The number of anilines is 1. The van der Waals surface area contributed by atoms with Crippen LogP contribution in [0.25, 0.3) is 11.2 Å². The Morgan fingerprint density at radius 1 is 1.62 bits per heavy atom. The Bertz CT molecular complexity index is 910. The molecular weight excluding hydrogens is 361 g/mol. The van der Waals surface area contributed by atoms with Crippen molar-refractivity contribution < 1.29 is 23.8 Å². The summed E-state index contributed by atoms with van der Waals surface area (Å²) >= 11 is 4.46. The zero-order valence-corrected chi connectivity index (χ0v) is 13.9. The van der Waals surface area contributed by atoms with Crippen LogP contribution >= 0.6 is 6.72 Å². The lowest BCUT2D eigenvalue weighted by Crippen LogP contribution is -2.39. The van der Waals surface area contributed by atoms with Crippen LogP contribution in [-0.2, 0) is 25.8 Å². The number of nitrogens with one attached hydrogen (secondary N) is 1. The van der Waals surface area contributed by atoms with Crippen LogP contribution in [0.1, 0.15) is 12.6 Å². The van der Waals surface area contributed by atoms with Gasteiger partial charge in [0.2, 0.25) is 5.95 Å². The molecule has 0 aliphatic carbocycles. The monoisotopic (exact) mass is 375 g/mol. The second kappa shape index (κ2) is 5.30. The predicted octanol–water partition coefficient (Wildman–Crippen LogP) is -1.02. The van der Waals surface area contributed by atoms with E-state index in [1.54, 1.807) is 4.57 Å². The quantitative estimate of drug-likeness (QED) is 0.488. The van der Waals surface area contributed by atoms with Crippen molar-refractivity contribution in [3.05, 3.63) is 16.7 Å². The SMILES string of the molecule is Nc1nc2c(ncn2[C@@H]2O[C@@]3(COP(O)(O)=S)CO[C@@H]2C3)c(=O)[nH]1. The van der Waals surface area contributed by atoms with E-state index in [4.69, 9.17) is 19.7 Å². The summed E-state index contributed by atoms with van der Waals surface area (Å²) in [7, 11) is 0. The van der Waals surface area contributed by atoms with E-state index in [0.29, 0.717) is 6.42 Å². The summed E-state index contributed by atoms with van der Waals surface area (Å²) in [6.45, 7) is -3.64. The van der Waals surface area contributed by atoms with Gasteiger partial charge in [-0.05, 0) is 11.8 Å². The first-order valence-corrected chi connectivity index (χ1v) is 9.61. The number of nitrogen functional groups attached to an aromatic ring is 1. The lowest BCUT2D eigenvalue weighted by molar-refractivity contribution is -0.180. The molecule has 0 saturated carbocycles. The number of aromatic amines is 1. The van der Waals surface area contributed by atoms with Gasteiger partial charge in [-0.1, -0.05) is 0 Å². The fraction of sp³-hybridized carbons (Fsp3) is 0.545. The van der Waals surface area contributed by atoms with E-state index in [9.17, 15) is 14.6 Å². The third-order valence-electron chi connectivity index (χ3n) is 4.04. The van der Waals surface area contributed by atoms with Gasteiger partial charge in [-0.2, -0.15) is 4.98 Å². The Kier molecular flexibility index (Phi) is 3.55. The van der Waals surface area contributed by atoms with Crippen LogP contribution in [0.15, 0.2) is 11.1 Å². The number of hydrogen-bond acceptors (Lipinski definition) is 8. The van der Waals surface area contributed by atoms with E-state index in [0.717, 1.165) is 0 Å². The lowest BCUT2D eigenvalue weighted by atomic mass is 10.0. The minimum Gasteiger partial charge on any atom is -0.370 e. The number of imidazole rings is 1. The van der Waals surface area contributed by atoms with Gasteiger partial charge in [0.05, 0.1) is 19.5 Å². The molecule has 0 radical (unpaired) electrons. The smallest absolute Gasteiger partial charge is 0.321 e. The normalized spacial score (nSPS) is 29.6. The molecule has 3 atom stereocenters. The highest BCUT2D eigenvalue weighted by Gasteiger charge is 2.55. The van der Waals surface area contributed by atoms with E-state index in [2.05, 4.69) is 26.8 Å². The molecule has 0 amide bonds. The number of ether oxygens (including phenoxy) is 2. The third kappa shape index (κ3) is 2.65. The Hall–Kier alpha value is -1.40. The van der Waals surface area contributed by atoms with Crippen molar-refractivity contribution in [3.63, 3.8) is 0 Å². The average molecular weight is 375 g/mol. The summed E-state index contributed by atoms with van der Waals surface area (Å²) in [6, 6.07) is 0. The number of H-pyrrole nitrogens is 1. The van der Waals surface area contributed by atoms with Gasteiger partial charge in [-0.3, -0.25) is 14.3 Å². The molecule has 2 saturated heterocycles. The van der Waals surface area contributed by atoms with Gasteiger partial charge in [0, 0.05) is 6.42 Å². The van der Waals surface area contributed by atoms with E-state index in [1.165, 1.54) is 6.33 Å². The Labute approximate surface area is 139 Å². The third-order valence-corrected chi connectivity index (χ3v) is 4.82. The number of rotatable bonds is 4. The number of fused-ring (bicyclic) bond motifs is 3. The highest BCUT2D eigenvalue weighted by molar-refractivity contribution is 8.06. The predicted molar refractivity (Wildman–Crippen MR) is 84.4 cm³/mol. The molecule has 0 spiro atoms. The summed E-state index contributed by atoms with van der Waals surface area (Å²) in [6.07, 6.45) is 1.00. The number of aromatic nitrogens is 4. The molecule has 2 aliphatic rings. The molecule has 0 unspecified atom stereocenters. The summed E-state index contributed by atoms with van der Waals surface area (Å²) in [4.78, 5) is 40.8. The van der Waals surface area contributed by atoms with Crippen LogP contribution in [-0.4, -0.2) is 54.2 Å². The van der Waals surface area contributed by atoms with Crippen LogP contribution in [0.5, 0.6) is 0 Å². The van der Waals surface area contributed by atoms with Crippen LogP contribution in [0.4, 0.5) is 5.95 Å². The molecule has 13 heteroatoms. The van der Waals surface area contributed by atoms with E-state index in [1.807, 2.05) is 0 Å². The number of hydrogen-bond donors (Lipinski definition) is 4. The molecule has 4 rings (SSSR count). The first kappa shape index (κ1) is 16.1. The van der Waals surface area contributed by atoms with Crippen LogP contribution < -0.4 is 11.3 Å². The van der Waals surface area contributed by atoms with Gasteiger partial charge in [-0.15, -0.1) is 0 Å². The molecule has 2 aliphatic heterocycles. The van der Waals surface area contributed by atoms with Crippen molar-refractivity contribution in [1.29, 1.82) is 0 Å². The van der Waals surface area contributed by atoms with Crippen molar-refractivity contribution in [2.45, 2.75) is 24.4 Å². The fourth-order valence-electron chi connectivity index (χ4n) is 3.04. The second-order valence-corrected chi connectivity index (χ2v) is 8.45. The molecule has 2 aromatic heterocycles. The maximum Gasteiger partial charge on any atom is 0.321 e. The Morgan fingerprint density at radius 3 is 3.17 bits per heavy atom. The molecule has 130 valence electrons. The molecule has 4 heterocycles. The molecular formula is C11H14N5O6PS. The highest BCUT2D eigenvalue weighted by atomic mass is 32.5. The van der Waals surface area contributed by atoms with Gasteiger partial charge in [-0.25, -0.2) is 4.98 Å². The minimum atomic E-state index is -3.78. The summed E-state index contributed by atoms with van der Waals surface area (Å²) in [5.74, 6) is -0.0300. The first-order chi connectivity index (χ1) is 11.3. The molecule has 11 nitrogen and oxygen atoms in total. The summed E-state index contributed by atoms with van der Waals surface area (Å²) in [5, 5.41) is 0. The van der Waals surface area contributed by atoms with Crippen LogP contribution in [0, 0.1) is 0 Å². The summed E-state index contributed by atoms with van der Waals surface area (Å²) < 4.78 is 18.2. The first-order valence-electron chi connectivity index (χ1n) is 6.98. The molecule has 24 heavy (non-hydrogen) atoms. The molecule has 2 aromatic rings. The molecule has 0 aromatic carbocycles. The molecule has 2 bridgehead atoms. The number of nitrogens with zero attached hydrogens (tertiary/aromatic N) is 3. The van der Waals surface area contributed by atoms with Crippen molar-refractivity contribution in [3.8, 4) is 0 Å². The average Bonchev–Trinajstić information content (AvgIpc) is 3.16. The minimum absolute atomic E-state index is 0.0300. The van der Waals surface area contributed by atoms with Gasteiger partial charge in [0.25, 0.3) is 5.56 Å². The van der Waals surface area contributed by atoms with Gasteiger partial charge in [0.1, 0.15) is 11.7 Å². The lowest BCUT2D eigenvalue weighted by Gasteiger charge is -2.31. The maximum absolute atomic E-state index is 11.9. The van der Waals surface area contributed by atoms with E-state index in [-0.39, 0.29) is 36.4 Å². The topological polar surface area (TPSA) is 158 Å². The van der Waals surface area contributed by atoms with E-state index >= 15 is 0 Å². The van der Waals surface area contributed by atoms with Crippen molar-refractivity contribution in [2.75, 3.05) is 18.9 Å². The Balaban J connectivity index is 1.65. The van der Waals surface area contributed by atoms with E-state index < -0.39 is 24.1 Å². The summed E-state index contributed by atoms with van der Waals surface area (Å²) in [5.41, 5.74) is 4.72. The number of nitrogens with two attached hydrogens (primary N) is 1. The van der Waals surface area contributed by atoms with Crippen LogP contribution in [0.3, 0.4) is 0 Å². The Morgan fingerprint density at radius 2 is 2.42 bits per heavy atom. The zero-order chi connectivity index (χ0) is 17.1. The fourth-order valence-corrected chi connectivity index (χ4v) is 3.60. The molecule has 5 N–H and O–H groups in total. The molecule has 2 fully saturated rings. The largest absolute Gasteiger partial charge is 0.370 e. The van der Waals surface area contributed by atoms with Gasteiger partial charge < -0.3 is 29.5 Å². The second-order valence-electron chi connectivity index (χ2n) is 5.78. The highest BCUT2D eigenvalue weighted by Crippen LogP contribution is 2.48. The van der Waals surface area contributed by atoms with Crippen molar-refractivity contribution in [2.24, 2.45) is 0 Å². The van der Waals surface area contributed by atoms with Crippen LogP contribution in [0.2, 0.25) is 0 Å². The maximum atomic E-state index is 11.9. The van der Waals surface area contributed by atoms with Crippen molar-refractivity contribution >= 4 is 35.6 Å². The van der Waals surface area contributed by atoms with Gasteiger partial charge in [0.15, 0.2) is 17.4 Å². The van der Waals surface area contributed by atoms with Crippen molar-refractivity contribution in [1.82, 2.24) is 19.5 Å². The van der Waals surface area contributed by atoms with Gasteiger partial charge >= 0.3 is 6.72 Å². The zero-order valence-electron chi connectivity index (χ0n) is 12.2.